The maximum Gasteiger partial charge on any atom is 0.311 e. The molecular weight excluding hydrogens is 422 g/mol. The first kappa shape index (κ1) is 22.7. The van der Waals surface area contributed by atoms with Crippen molar-refractivity contribution >= 4 is 22.1 Å². The second-order valence-electron chi connectivity index (χ2n) is 7.47. The molecule has 2 aromatic rings. The predicted molar refractivity (Wildman–Crippen MR) is 115 cm³/mol. The predicted octanol–water partition coefficient (Wildman–Crippen LogP) is 2.56. The van der Waals surface area contributed by atoms with Crippen molar-refractivity contribution in [3.05, 3.63) is 69.8 Å². The van der Waals surface area contributed by atoms with E-state index in [0.29, 0.717) is 24.8 Å². The van der Waals surface area contributed by atoms with E-state index in [1.807, 2.05) is 6.07 Å². The van der Waals surface area contributed by atoms with E-state index in [0.717, 1.165) is 5.56 Å². The van der Waals surface area contributed by atoms with E-state index in [1.54, 1.807) is 43.3 Å². The summed E-state index contributed by atoms with van der Waals surface area (Å²) in [7, 11) is -3.63. The van der Waals surface area contributed by atoms with Gasteiger partial charge in [-0.2, -0.15) is 0 Å². The highest BCUT2D eigenvalue weighted by Crippen LogP contribution is 2.31. The van der Waals surface area contributed by atoms with Crippen LogP contribution in [0.15, 0.2) is 48.5 Å². The molecule has 2 aromatic carbocycles. The van der Waals surface area contributed by atoms with Gasteiger partial charge in [0.25, 0.3) is 0 Å². The average Bonchev–Trinajstić information content (AvgIpc) is 2.75. The molecule has 1 atom stereocenters. The van der Waals surface area contributed by atoms with Gasteiger partial charge in [0, 0.05) is 19.2 Å². The van der Waals surface area contributed by atoms with Crippen LogP contribution in [0.5, 0.6) is 5.75 Å². The van der Waals surface area contributed by atoms with Crippen LogP contribution < -0.4 is 10.1 Å². The van der Waals surface area contributed by atoms with Crippen LogP contribution in [0.2, 0.25) is 0 Å². The number of carbonyl (C=O) groups is 1. The molecule has 1 aliphatic heterocycles. The smallest absolute Gasteiger partial charge is 0.311 e. The van der Waals surface area contributed by atoms with E-state index in [-0.39, 0.29) is 36.4 Å². The Morgan fingerprint density at radius 2 is 1.90 bits per heavy atom. The van der Waals surface area contributed by atoms with E-state index < -0.39 is 21.0 Å². The van der Waals surface area contributed by atoms with Gasteiger partial charge in [-0.1, -0.05) is 36.4 Å². The van der Waals surface area contributed by atoms with Gasteiger partial charge >= 0.3 is 5.69 Å². The van der Waals surface area contributed by atoms with E-state index in [9.17, 15) is 23.3 Å². The molecule has 10 heteroatoms. The van der Waals surface area contributed by atoms with Crippen molar-refractivity contribution in [2.45, 2.75) is 31.9 Å². The number of amides is 1. The quantitative estimate of drug-likeness (QED) is 0.358. The SMILES string of the molecule is Cc1ccc(OC2CCN(S(=O)(=O)CC(NC=O)c3ccccc3)CC2)c([N+](=O)[O-])c1. The molecule has 166 valence electrons. The van der Waals surface area contributed by atoms with E-state index in [4.69, 9.17) is 4.74 Å². The molecule has 0 saturated carbocycles. The number of rotatable bonds is 9. The van der Waals surface area contributed by atoms with Gasteiger partial charge in [0.05, 0.1) is 16.7 Å². The van der Waals surface area contributed by atoms with Crippen LogP contribution in [0.1, 0.15) is 30.0 Å². The summed E-state index contributed by atoms with van der Waals surface area (Å²) in [5.41, 5.74) is 1.38. The maximum absolute atomic E-state index is 12.9. The Kier molecular flexibility index (Phi) is 7.24. The highest BCUT2D eigenvalue weighted by molar-refractivity contribution is 7.89. The number of nitro groups is 1. The molecule has 0 aliphatic carbocycles. The summed E-state index contributed by atoms with van der Waals surface area (Å²) in [6, 6.07) is 13.1. The number of benzene rings is 2. The second kappa shape index (κ2) is 9.88. The molecule has 0 aromatic heterocycles. The first-order valence-electron chi connectivity index (χ1n) is 9.94. The number of hydrogen-bond donors (Lipinski definition) is 1. The Morgan fingerprint density at radius 3 is 2.52 bits per heavy atom. The maximum atomic E-state index is 12.9. The number of piperidine rings is 1. The molecule has 0 radical (unpaired) electrons. The van der Waals surface area contributed by atoms with Crippen LogP contribution in [0.3, 0.4) is 0 Å². The molecule has 1 unspecified atom stereocenters. The first-order chi connectivity index (χ1) is 14.8. The molecule has 1 heterocycles. The summed E-state index contributed by atoms with van der Waals surface area (Å²) < 4.78 is 33.1. The third kappa shape index (κ3) is 5.80. The molecule has 0 spiro atoms. The zero-order valence-electron chi connectivity index (χ0n) is 17.1. The van der Waals surface area contributed by atoms with Gasteiger partial charge in [0.15, 0.2) is 5.75 Å². The molecule has 1 saturated heterocycles. The summed E-state index contributed by atoms with van der Waals surface area (Å²) in [6.07, 6.45) is 1.02. The number of carbonyl (C=O) groups excluding carboxylic acids is 1. The molecule has 31 heavy (non-hydrogen) atoms. The van der Waals surface area contributed by atoms with Crippen molar-refractivity contribution in [1.82, 2.24) is 9.62 Å². The van der Waals surface area contributed by atoms with Crippen molar-refractivity contribution in [2.24, 2.45) is 0 Å². The Labute approximate surface area is 181 Å². The number of nitrogens with one attached hydrogen (secondary N) is 1. The van der Waals surface area contributed by atoms with Gasteiger partial charge in [-0.15, -0.1) is 0 Å². The Balaban J connectivity index is 1.63. The topological polar surface area (TPSA) is 119 Å². The lowest BCUT2D eigenvalue weighted by molar-refractivity contribution is -0.386. The van der Waals surface area contributed by atoms with Crippen molar-refractivity contribution in [2.75, 3.05) is 18.8 Å². The number of nitrogens with zero attached hydrogens (tertiary/aromatic N) is 2. The standard InChI is InChI=1S/C21H25N3O6S/c1-16-7-8-21(20(13-16)24(26)27)30-18-9-11-23(12-10-18)31(28,29)14-19(22-15-25)17-5-3-2-4-6-17/h2-8,13,15,18-19H,9-12,14H2,1H3,(H,22,25). The fourth-order valence-electron chi connectivity index (χ4n) is 3.60. The van der Waals surface area contributed by atoms with Crippen LogP contribution in [0.25, 0.3) is 0 Å². The van der Waals surface area contributed by atoms with Gasteiger partial charge in [-0.05, 0) is 37.0 Å². The van der Waals surface area contributed by atoms with E-state index in [1.165, 1.54) is 10.4 Å². The fraction of sp³-hybridized carbons (Fsp3) is 0.381. The van der Waals surface area contributed by atoms with Crippen molar-refractivity contribution in [3.63, 3.8) is 0 Å². The van der Waals surface area contributed by atoms with Gasteiger partial charge < -0.3 is 10.1 Å². The van der Waals surface area contributed by atoms with Crippen LogP contribution in [0, 0.1) is 17.0 Å². The van der Waals surface area contributed by atoms with Gasteiger partial charge in [-0.25, -0.2) is 12.7 Å². The summed E-state index contributed by atoms with van der Waals surface area (Å²) in [4.78, 5) is 21.8. The molecule has 1 amide bonds. The first-order valence-corrected chi connectivity index (χ1v) is 11.5. The average molecular weight is 448 g/mol. The molecule has 9 nitrogen and oxygen atoms in total. The highest BCUT2D eigenvalue weighted by Gasteiger charge is 2.32. The number of sulfonamides is 1. The number of ether oxygens (including phenoxy) is 1. The summed E-state index contributed by atoms with van der Waals surface area (Å²) >= 11 is 0. The minimum Gasteiger partial charge on any atom is -0.483 e. The zero-order valence-corrected chi connectivity index (χ0v) is 18.0. The Morgan fingerprint density at radius 1 is 1.23 bits per heavy atom. The van der Waals surface area contributed by atoms with E-state index in [2.05, 4.69) is 5.32 Å². The third-order valence-corrected chi connectivity index (χ3v) is 7.15. The third-order valence-electron chi connectivity index (χ3n) is 5.25. The Bertz CT molecular complexity index is 1020. The lowest BCUT2D eigenvalue weighted by atomic mass is 10.1. The van der Waals surface area contributed by atoms with Crippen molar-refractivity contribution < 1.29 is 22.9 Å². The molecule has 0 bridgehead atoms. The largest absolute Gasteiger partial charge is 0.483 e. The van der Waals surface area contributed by atoms with E-state index >= 15 is 0 Å². The van der Waals surface area contributed by atoms with Crippen LogP contribution in [-0.2, 0) is 14.8 Å². The summed E-state index contributed by atoms with van der Waals surface area (Å²) in [5, 5.41) is 13.9. The van der Waals surface area contributed by atoms with Gasteiger partial charge in [-0.3, -0.25) is 14.9 Å². The highest BCUT2D eigenvalue weighted by atomic mass is 32.2. The Hall–Kier alpha value is -2.98. The normalized spacial score (nSPS) is 16.4. The lowest BCUT2D eigenvalue weighted by Gasteiger charge is -2.32. The summed E-state index contributed by atoms with van der Waals surface area (Å²) in [6.45, 7) is 2.26. The van der Waals surface area contributed by atoms with Crippen molar-refractivity contribution in [3.8, 4) is 5.75 Å². The zero-order chi connectivity index (χ0) is 22.4. The molecular formula is C21H25N3O6S. The van der Waals surface area contributed by atoms with Crippen LogP contribution in [0.4, 0.5) is 5.69 Å². The minimum absolute atomic E-state index is 0.0966. The summed E-state index contributed by atoms with van der Waals surface area (Å²) in [5.74, 6) is -0.0544. The molecule has 3 rings (SSSR count). The lowest BCUT2D eigenvalue weighted by Crippen LogP contribution is -2.44. The number of hydrogen-bond acceptors (Lipinski definition) is 6. The van der Waals surface area contributed by atoms with Crippen LogP contribution >= 0.6 is 0 Å². The molecule has 1 aliphatic rings. The van der Waals surface area contributed by atoms with Crippen molar-refractivity contribution in [1.29, 1.82) is 0 Å². The number of aryl methyl sites for hydroxylation is 1. The molecule has 1 N–H and O–H groups in total. The molecule has 1 fully saturated rings. The van der Waals surface area contributed by atoms with Gasteiger partial charge in [0.1, 0.15) is 6.10 Å². The monoisotopic (exact) mass is 447 g/mol. The minimum atomic E-state index is -3.63. The van der Waals surface area contributed by atoms with Crippen LogP contribution in [-0.4, -0.2) is 49.0 Å². The second-order valence-corrected chi connectivity index (χ2v) is 9.48. The van der Waals surface area contributed by atoms with Gasteiger partial charge in [0.2, 0.25) is 16.4 Å². The fourth-order valence-corrected chi connectivity index (χ4v) is 5.29. The number of nitro benzene ring substituents is 1.